The van der Waals surface area contributed by atoms with Gasteiger partial charge in [0.25, 0.3) is 0 Å². The van der Waals surface area contributed by atoms with Crippen LogP contribution >= 0.6 is 0 Å². The van der Waals surface area contributed by atoms with E-state index in [1.807, 2.05) is 6.07 Å². The smallest absolute Gasteiger partial charge is 0.384 e. The summed E-state index contributed by atoms with van der Waals surface area (Å²) < 4.78 is 37.8. The molecule has 2 N–H and O–H groups in total. The average Bonchev–Trinajstić information content (AvgIpc) is 2.47. The molecule has 0 amide bonds. The Hall–Kier alpha value is -2.00. The van der Waals surface area contributed by atoms with Gasteiger partial charge in [0.05, 0.1) is 16.8 Å². The maximum Gasteiger partial charge on any atom is 0.416 e. The van der Waals surface area contributed by atoms with Gasteiger partial charge in [-0.2, -0.15) is 18.4 Å². The fourth-order valence-electron chi connectivity index (χ4n) is 2.22. The molecular formula is C15H16F3N3. The van der Waals surface area contributed by atoms with Crippen LogP contribution < -0.4 is 10.6 Å². The molecule has 0 bridgehead atoms. The molecule has 0 aromatic heterocycles. The summed E-state index contributed by atoms with van der Waals surface area (Å²) in [5.74, 6) is 0. The molecule has 6 heteroatoms. The fraction of sp³-hybridized carbons (Fsp3) is 0.400. The van der Waals surface area contributed by atoms with Crippen LogP contribution in [0.25, 0.3) is 0 Å². The van der Waals surface area contributed by atoms with Crippen LogP contribution in [0.4, 0.5) is 18.9 Å². The predicted octanol–water partition coefficient (Wildman–Crippen LogP) is 3.30. The number of nitrogens with zero attached hydrogens (tertiary/aromatic N) is 1. The third kappa shape index (κ3) is 4.23. The van der Waals surface area contributed by atoms with Gasteiger partial charge in [0.2, 0.25) is 0 Å². The van der Waals surface area contributed by atoms with Crippen LogP contribution in [0.3, 0.4) is 0 Å². The van der Waals surface area contributed by atoms with Crippen LogP contribution in [0, 0.1) is 11.3 Å². The molecule has 0 spiro atoms. The van der Waals surface area contributed by atoms with Crippen LogP contribution in [0.5, 0.6) is 0 Å². The van der Waals surface area contributed by atoms with Crippen LogP contribution in [0.2, 0.25) is 0 Å². The van der Waals surface area contributed by atoms with Crippen LogP contribution in [-0.2, 0) is 6.18 Å². The Morgan fingerprint density at radius 3 is 2.76 bits per heavy atom. The number of hydrogen-bond acceptors (Lipinski definition) is 3. The zero-order valence-corrected chi connectivity index (χ0v) is 11.4. The first-order valence-electron chi connectivity index (χ1n) is 6.74. The van der Waals surface area contributed by atoms with Gasteiger partial charge in [0, 0.05) is 13.1 Å². The molecule has 112 valence electrons. The number of nitrogens with one attached hydrogen (secondary N) is 2. The lowest BCUT2D eigenvalue weighted by Crippen LogP contribution is -2.21. The van der Waals surface area contributed by atoms with E-state index in [9.17, 15) is 13.2 Å². The molecule has 0 saturated heterocycles. The van der Waals surface area contributed by atoms with E-state index in [0.717, 1.165) is 38.1 Å². The number of benzene rings is 1. The topological polar surface area (TPSA) is 47.9 Å². The molecule has 21 heavy (non-hydrogen) atoms. The summed E-state index contributed by atoms with van der Waals surface area (Å²) >= 11 is 0. The molecule has 1 aliphatic rings. The van der Waals surface area contributed by atoms with E-state index in [-0.39, 0.29) is 5.56 Å². The van der Waals surface area contributed by atoms with Gasteiger partial charge in [-0.1, -0.05) is 11.6 Å². The molecule has 0 unspecified atom stereocenters. The van der Waals surface area contributed by atoms with Gasteiger partial charge in [-0.3, -0.25) is 0 Å². The van der Waals surface area contributed by atoms with Crippen molar-refractivity contribution in [3.8, 4) is 6.07 Å². The lowest BCUT2D eigenvalue weighted by atomic mass is 10.1. The fourth-order valence-corrected chi connectivity index (χ4v) is 2.22. The normalized spacial score (nSPS) is 15.2. The molecule has 0 radical (unpaired) electrons. The quantitative estimate of drug-likeness (QED) is 0.838. The van der Waals surface area contributed by atoms with Gasteiger partial charge in [-0.15, -0.1) is 0 Å². The molecular weight excluding hydrogens is 279 g/mol. The summed E-state index contributed by atoms with van der Waals surface area (Å²) in [5, 5.41) is 15.2. The Bertz CT molecular complexity index is 571. The van der Waals surface area contributed by atoms with Gasteiger partial charge in [-0.05, 0) is 37.6 Å². The highest BCUT2D eigenvalue weighted by Gasteiger charge is 2.31. The van der Waals surface area contributed by atoms with Gasteiger partial charge in [0.1, 0.15) is 6.07 Å². The molecule has 0 fully saturated rings. The molecule has 1 aliphatic heterocycles. The first-order chi connectivity index (χ1) is 10.0. The largest absolute Gasteiger partial charge is 0.416 e. The first-order valence-corrected chi connectivity index (χ1v) is 6.74. The minimum Gasteiger partial charge on any atom is -0.384 e. The molecule has 1 aromatic rings. The summed E-state index contributed by atoms with van der Waals surface area (Å²) in [6.07, 6.45) is -0.486. The predicted molar refractivity (Wildman–Crippen MR) is 74.8 cm³/mol. The first kappa shape index (κ1) is 15.4. The zero-order valence-electron chi connectivity index (χ0n) is 11.4. The lowest BCUT2D eigenvalue weighted by molar-refractivity contribution is -0.137. The van der Waals surface area contributed by atoms with Crippen LogP contribution in [0.15, 0.2) is 29.8 Å². The van der Waals surface area contributed by atoms with E-state index in [0.29, 0.717) is 12.2 Å². The standard InChI is InChI=1S/C15H16F3N3/c16-15(17,18)13-1-2-14(12(9-13)10-19)21-8-5-11-3-6-20-7-4-11/h1-3,9,20-21H,4-8H2. The Kier molecular flexibility index (Phi) is 4.86. The summed E-state index contributed by atoms with van der Waals surface area (Å²) in [5.41, 5.74) is 0.987. The number of hydrogen-bond donors (Lipinski definition) is 2. The van der Waals surface area contributed by atoms with Crippen molar-refractivity contribution >= 4 is 5.69 Å². The Morgan fingerprint density at radius 1 is 1.33 bits per heavy atom. The Labute approximate surface area is 121 Å². The summed E-state index contributed by atoms with van der Waals surface area (Å²) in [6, 6.07) is 5.00. The van der Waals surface area contributed by atoms with Crippen molar-refractivity contribution in [3.05, 3.63) is 41.0 Å². The summed E-state index contributed by atoms with van der Waals surface area (Å²) in [6.45, 7) is 2.42. The number of alkyl halides is 3. The van der Waals surface area contributed by atoms with Crippen molar-refractivity contribution in [2.45, 2.75) is 19.0 Å². The van der Waals surface area contributed by atoms with Gasteiger partial charge < -0.3 is 10.6 Å². The van der Waals surface area contributed by atoms with E-state index in [1.165, 1.54) is 11.6 Å². The molecule has 1 aromatic carbocycles. The van der Waals surface area contributed by atoms with Crippen LogP contribution in [0.1, 0.15) is 24.0 Å². The summed E-state index contributed by atoms with van der Waals surface area (Å²) in [4.78, 5) is 0. The Balaban J connectivity index is 2.00. The maximum absolute atomic E-state index is 12.6. The van der Waals surface area contributed by atoms with E-state index < -0.39 is 11.7 Å². The second-order valence-corrected chi connectivity index (χ2v) is 4.86. The van der Waals surface area contributed by atoms with Crippen molar-refractivity contribution in [1.82, 2.24) is 5.32 Å². The molecule has 1 heterocycles. The molecule has 0 saturated carbocycles. The van der Waals surface area contributed by atoms with Crippen molar-refractivity contribution in [2.75, 3.05) is 25.0 Å². The summed E-state index contributed by atoms with van der Waals surface area (Å²) in [7, 11) is 0. The SMILES string of the molecule is N#Cc1cc(C(F)(F)F)ccc1NCCC1=CCNCC1. The van der Waals surface area contributed by atoms with Crippen molar-refractivity contribution < 1.29 is 13.2 Å². The van der Waals surface area contributed by atoms with Crippen molar-refractivity contribution in [1.29, 1.82) is 5.26 Å². The van der Waals surface area contributed by atoms with Crippen molar-refractivity contribution in [2.24, 2.45) is 0 Å². The van der Waals surface area contributed by atoms with E-state index in [4.69, 9.17) is 5.26 Å². The highest BCUT2D eigenvalue weighted by molar-refractivity contribution is 5.59. The number of anilines is 1. The van der Waals surface area contributed by atoms with Gasteiger partial charge >= 0.3 is 6.18 Å². The molecule has 3 nitrogen and oxygen atoms in total. The van der Waals surface area contributed by atoms with Gasteiger partial charge in [0.15, 0.2) is 0 Å². The van der Waals surface area contributed by atoms with Gasteiger partial charge in [-0.25, -0.2) is 0 Å². The van der Waals surface area contributed by atoms with Crippen LogP contribution in [-0.4, -0.2) is 19.6 Å². The molecule has 0 aliphatic carbocycles. The average molecular weight is 295 g/mol. The van der Waals surface area contributed by atoms with E-state index >= 15 is 0 Å². The number of nitriles is 1. The molecule has 0 atom stereocenters. The Morgan fingerprint density at radius 2 is 2.14 bits per heavy atom. The highest BCUT2D eigenvalue weighted by Crippen LogP contribution is 2.31. The number of rotatable bonds is 4. The minimum atomic E-state index is -4.43. The maximum atomic E-state index is 12.6. The third-order valence-electron chi connectivity index (χ3n) is 3.39. The second kappa shape index (κ2) is 6.64. The second-order valence-electron chi connectivity index (χ2n) is 4.86. The zero-order chi connectivity index (χ0) is 15.3. The minimum absolute atomic E-state index is 0.0177. The third-order valence-corrected chi connectivity index (χ3v) is 3.39. The molecule has 2 rings (SSSR count). The monoisotopic (exact) mass is 295 g/mol. The number of halogens is 3. The van der Waals surface area contributed by atoms with E-state index in [1.54, 1.807) is 0 Å². The highest BCUT2D eigenvalue weighted by atomic mass is 19.4. The van der Waals surface area contributed by atoms with E-state index in [2.05, 4.69) is 16.7 Å². The van der Waals surface area contributed by atoms with Crippen molar-refractivity contribution in [3.63, 3.8) is 0 Å². The lowest BCUT2D eigenvalue weighted by Gasteiger charge is -2.15.